The van der Waals surface area contributed by atoms with Crippen molar-refractivity contribution >= 4 is 27.5 Å². The Kier molecular flexibility index (Phi) is 3.87. The molecular weight excluding hydrogens is 292 g/mol. The Bertz CT molecular complexity index is 575. The first-order valence-corrected chi connectivity index (χ1v) is 6.54. The van der Waals surface area contributed by atoms with Gasteiger partial charge < -0.3 is 10.3 Å². The number of amides is 1. The first-order chi connectivity index (χ1) is 8.54. The van der Waals surface area contributed by atoms with Crippen molar-refractivity contribution in [2.24, 2.45) is 0 Å². The van der Waals surface area contributed by atoms with Gasteiger partial charge in [0.2, 0.25) is 5.91 Å². The molecule has 0 fully saturated rings. The molecule has 1 amide bonds. The molecule has 0 unspecified atom stereocenters. The number of halogens is 1. The number of carbonyl (C=O) groups excluding carboxylic acids is 1. The number of H-pyrrole nitrogens is 1. The lowest BCUT2D eigenvalue weighted by atomic mass is 10.1. The summed E-state index contributed by atoms with van der Waals surface area (Å²) in [6, 6.07) is 9.58. The summed E-state index contributed by atoms with van der Waals surface area (Å²) in [4.78, 5) is 15.1. The molecule has 0 saturated heterocycles. The van der Waals surface area contributed by atoms with Gasteiger partial charge in [0, 0.05) is 21.5 Å². The number of anilines is 1. The maximum Gasteiger partial charge on any atom is 0.228 e. The first kappa shape index (κ1) is 12.9. The lowest BCUT2D eigenvalue weighted by Crippen LogP contribution is -2.14. The lowest BCUT2D eigenvalue weighted by Gasteiger charge is -2.05. The minimum absolute atomic E-state index is 0.00444. The predicted octanol–water partition coefficient (Wildman–Crippen LogP) is 3.58. The molecule has 0 aliphatic rings. The molecule has 0 atom stereocenters. The summed E-state index contributed by atoms with van der Waals surface area (Å²) in [5.41, 5.74) is 3.98. The third-order valence-corrected chi connectivity index (χ3v) is 3.21. The Morgan fingerprint density at radius 1 is 1.33 bits per heavy atom. The standard InChI is InChI=1S/C14H15BrN2O/c1-9-6-11(10(2)16-9)7-14(18)17-13-5-3-4-12(15)8-13/h3-6,8,16H,7H2,1-2H3,(H,17,18). The molecular formula is C14H15BrN2O. The third kappa shape index (κ3) is 3.23. The van der Waals surface area contributed by atoms with Gasteiger partial charge in [-0.15, -0.1) is 0 Å². The van der Waals surface area contributed by atoms with Gasteiger partial charge in [0.15, 0.2) is 0 Å². The van der Waals surface area contributed by atoms with Gasteiger partial charge in [-0.3, -0.25) is 4.79 Å². The van der Waals surface area contributed by atoms with Crippen LogP contribution in [-0.2, 0) is 11.2 Å². The van der Waals surface area contributed by atoms with Crippen molar-refractivity contribution in [2.75, 3.05) is 5.32 Å². The van der Waals surface area contributed by atoms with Gasteiger partial charge in [-0.1, -0.05) is 22.0 Å². The van der Waals surface area contributed by atoms with Gasteiger partial charge in [-0.2, -0.15) is 0 Å². The number of hydrogen-bond donors (Lipinski definition) is 2. The second-order valence-electron chi connectivity index (χ2n) is 4.34. The molecule has 2 rings (SSSR count). The van der Waals surface area contributed by atoms with Crippen LogP contribution < -0.4 is 5.32 Å². The van der Waals surface area contributed by atoms with Crippen LogP contribution in [0.5, 0.6) is 0 Å². The van der Waals surface area contributed by atoms with Crippen LogP contribution in [0.2, 0.25) is 0 Å². The molecule has 4 heteroatoms. The molecule has 1 heterocycles. The average molecular weight is 307 g/mol. The van der Waals surface area contributed by atoms with Crippen molar-refractivity contribution in [3.8, 4) is 0 Å². The van der Waals surface area contributed by atoms with Crippen LogP contribution >= 0.6 is 15.9 Å². The maximum atomic E-state index is 11.9. The summed E-state index contributed by atoms with van der Waals surface area (Å²) in [5, 5.41) is 2.88. The van der Waals surface area contributed by atoms with Gasteiger partial charge >= 0.3 is 0 Å². The number of aromatic amines is 1. The summed E-state index contributed by atoms with van der Waals surface area (Å²) in [6.45, 7) is 3.97. The van der Waals surface area contributed by atoms with E-state index in [2.05, 4.69) is 26.2 Å². The van der Waals surface area contributed by atoms with Crippen molar-refractivity contribution < 1.29 is 4.79 Å². The van der Waals surface area contributed by atoms with Gasteiger partial charge in [-0.25, -0.2) is 0 Å². The van der Waals surface area contributed by atoms with E-state index in [1.165, 1.54) is 0 Å². The SMILES string of the molecule is Cc1cc(CC(=O)Nc2cccc(Br)c2)c(C)[nH]1. The molecule has 94 valence electrons. The zero-order chi connectivity index (χ0) is 13.1. The second-order valence-corrected chi connectivity index (χ2v) is 5.25. The molecule has 2 aromatic rings. The van der Waals surface area contributed by atoms with E-state index in [4.69, 9.17) is 0 Å². The average Bonchev–Trinajstić information content (AvgIpc) is 2.57. The number of nitrogens with one attached hydrogen (secondary N) is 2. The largest absolute Gasteiger partial charge is 0.362 e. The highest BCUT2D eigenvalue weighted by atomic mass is 79.9. The fourth-order valence-corrected chi connectivity index (χ4v) is 2.31. The summed E-state index contributed by atoms with van der Waals surface area (Å²) in [6.07, 6.45) is 0.392. The molecule has 18 heavy (non-hydrogen) atoms. The Morgan fingerprint density at radius 3 is 2.72 bits per heavy atom. The van der Waals surface area contributed by atoms with E-state index in [0.29, 0.717) is 6.42 Å². The second kappa shape index (κ2) is 5.40. The zero-order valence-electron chi connectivity index (χ0n) is 10.4. The van der Waals surface area contributed by atoms with Crippen LogP contribution in [0, 0.1) is 13.8 Å². The topological polar surface area (TPSA) is 44.9 Å². The fraction of sp³-hybridized carbons (Fsp3) is 0.214. The summed E-state index contributed by atoms with van der Waals surface area (Å²) >= 11 is 3.38. The fourth-order valence-electron chi connectivity index (χ4n) is 1.91. The molecule has 0 spiro atoms. The van der Waals surface area contributed by atoms with E-state index in [-0.39, 0.29) is 5.91 Å². The summed E-state index contributed by atoms with van der Waals surface area (Å²) in [5.74, 6) is -0.00444. The Morgan fingerprint density at radius 2 is 2.11 bits per heavy atom. The van der Waals surface area contributed by atoms with Gasteiger partial charge in [0.1, 0.15) is 0 Å². The van der Waals surface area contributed by atoms with E-state index in [9.17, 15) is 4.79 Å². The predicted molar refractivity (Wildman–Crippen MR) is 76.7 cm³/mol. The van der Waals surface area contributed by atoms with Gasteiger partial charge in [0.25, 0.3) is 0 Å². The van der Waals surface area contributed by atoms with Crippen LogP contribution in [0.4, 0.5) is 5.69 Å². The maximum absolute atomic E-state index is 11.9. The normalized spacial score (nSPS) is 10.4. The highest BCUT2D eigenvalue weighted by Gasteiger charge is 2.08. The van der Waals surface area contributed by atoms with Gasteiger partial charge in [-0.05, 0) is 43.7 Å². The Balaban J connectivity index is 2.03. The van der Waals surface area contributed by atoms with Crippen molar-refractivity contribution in [2.45, 2.75) is 20.3 Å². The highest BCUT2D eigenvalue weighted by molar-refractivity contribution is 9.10. The number of hydrogen-bond acceptors (Lipinski definition) is 1. The monoisotopic (exact) mass is 306 g/mol. The molecule has 0 saturated carbocycles. The van der Waals surface area contributed by atoms with Crippen LogP contribution in [0.3, 0.4) is 0 Å². The van der Waals surface area contributed by atoms with Crippen LogP contribution in [-0.4, -0.2) is 10.9 Å². The number of carbonyl (C=O) groups is 1. The summed E-state index contributed by atoms with van der Waals surface area (Å²) in [7, 11) is 0. The quantitative estimate of drug-likeness (QED) is 0.894. The van der Waals surface area contributed by atoms with E-state index in [0.717, 1.165) is 27.1 Å². The summed E-state index contributed by atoms with van der Waals surface area (Å²) < 4.78 is 0.953. The molecule has 1 aromatic carbocycles. The van der Waals surface area contributed by atoms with Crippen molar-refractivity contribution in [1.29, 1.82) is 0 Å². The van der Waals surface area contributed by atoms with E-state index >= 15 is 0 Å². The highest BCUT2D eigenvalue weighted by Crippen LogP contribution is 2.16. The smallest absolute Gasteiger partial charge is 0.228 e. The minimum Gasteiger partial charge on any atom is -0.362 e. The zero-order valence-corrected chi connectivity index (χ0v) is 12.0. The number of aryl methyl sites for hydroxylation is 2. The number of rotatable bonds is 3. The number of aromatic nitrogens is 1. The Labute approximate surface area is 115 Å². The van der Waals surface area contributed by atoms with Crippen LogP contribution in [0.1, 0.15) is 17.0 Å². The third-order valence-electron chi connectivity index (χ3n) is 2.72. The van der Waals surface area contributed by atoms with E-state index in [1.807, 2.05) is 44.2 Å². The van der Waals surface area contributed by atoms with Crippen molar-refractivity contribution in [3.63, 3.8) is 0 Å². The van der Waals surface area contributed by atoms with Crippen molar-refractivity contribution in [1.82, 2.24) is 4.98 Å². The Hall–Kier alpha value is -1.55. The molecule has 0 aliphatic carbocycles. The van der Waals surface area contributed by atoms with Crippen molar-refractivity contribution in [3.05, 3.63) is 51.8 Å². The first-order valence-electron chi connectivity index (χ1n) is 5.75. The van der Waals surface area contributed by atoms with E-state index < -0.39 is 0 Å². The molecule has 1 aromatic heterocycles. The van der Waals surface area contributed by atoms with Crippen LogP contribution in [0.25, 0.3) is 0 Å². The van der Waals surface area contributed by atoms with Gasteiger partial charge in [0.05, 0.1) is 6.42 Å². The number of benzene rings is 1. The van der Waals surface area contributed by atoms with E-state index in [1.54, 1.807) is 0 Å². The molecule has 2 N–H and O–H groups in total. The molecule has 0 radical (unpaired) electrons. The minimum atomic E-state index is -0.00444. The molecule has 3 nitrogen and oxygen atoms in total. The molecule has 0 aliphatic heterocycles. The molecule has 0 bridgehead atoms. The lowest BCUT2D eigenvalue weighted by molar-refractivity contribution is -0.115. The van der Waals surface area contributed by atoms with Crippen LogP contribution in [0.15, 0.2) is 34.8 Å².